The van der Waals surface area contributed by atoms with Crippen LogP contribution in [0.25, 0.3) is 22.2 Å². The summed E-state index contributed by atoms with van der Waals surface area (Å²) in [5, 5.41) is 7.54. The summed E-state index contributed by atoms with van der Waals surface area (Å²) in [4.78, 5) is 3.06. The van der Waals surface area contributed by atoms with Crippen LogP contribution in [-0.4, -0.2) is 15.3 Å². The third kappa shape index (κ3) is 1.37. The fourth-order valence-electron chi connectivity index (χ4n) is 1.87. The minimum atomic E-state index is -0.380. The van der Waals surface area contributed by atoms with Gasteiger partial charge in [-0.25, -0.2) is 9.02 Å². The Kier molecular flexibility index (Phi) is 1.91. The first-order valence-corrected chi connectivity index (χ1v) is 5.03. The van der Waals surface area contributed by atoms with E-state index in [4.69, 9.17) is 5.73 Å². The van der Waals surface area contributed by atoms with Crippen LogP contribution in [0.2, 0.25) is 0 Å². The maximum atomic E-state index is 14.2. The van der Waals surface area contributed by atoms with E-state index in [0.717, 1.165) is 11.2 Å². The number of hydrogen-bond donors (Lipinski definition) is 2. The number of nitrogens with zero attached hydrogens (tertiary/aromatic N) is 2. The molecule has 0 aliphatic carbocycles. The molecule has 0 saturated heterocycles. The van der Waals surface area contributed by atoms with Crippen LogP contribution in [0, 0.1) is 12.7 Å². The lowest BCUT2D eigenvalue weighted by Gasteiger charge is -2.00. The molecule has 0 saturated carbocycles. The molecule has 0 unspecified atom stereocenters. The van der Waals surface area contributed by atoms with Gasteiger partial charge in [-0.05, 0) is 35.4 Å². The van der Waals surface area contributed by atoms with Crippen molar-refractivity contribution in [3.63, 3.8) is 0 Å². The van der Waals surface area contributed by atoms with Gasteiger partial charge in [0.1, 0.15) is 5.82 Å². The van der Waals surface area contributed by atoms with E-state index in [1.807, 2.05) is 6.92 Å². The zero-order valence-corrected chi connectivity index (χ0v) is 8.99. The number of nitrogens with one attached hydrogen (secondary N) is 1. The second kappa shape index (κ2) is 3.31. The number of aromatic nitrogens is 3. The van der Waals surface area contributed by atoms with E-state index in [1.54, 1.807) is 18.2 Å². The number of benzene rings is 1. The van der Waals surface area contributed by atoms with Crippen molar-refractivity contribution in [1.82, 2.24) is 15.3 Å². The zero-order chi connectivity index (χ0) is 12.0. The number of nitrogens with two attached hydrogens (primary N) is 1. The van der Waals surface area contributed by atoms with E-state index in [9.17, 15) is 4.39 Å². The average molecular weight is 232 g/mol. The molecule has 0 aliphatic rings. The first-order chi connectivity index (χ1) is 8.16. The molecule has 0 fully saturated rings. The highest BCUT2D eigenvalue weighted by molar-refractivity contribution is 5.87. The van der Waals surface area contributed by atoms with Gasteiger partial charge in [-0.3, -0.25) is 0 Å². The number of aryl methyl sites for hydroxylation is 1. The lowest BCUT2D eigenvalue weighted by molar-refractivity contribution is 0.310. The monoisotopic (exact) mass is 232 g/mol. The molecular weight excluding hydrogens is 223 g/mol. The van der Waals surface area contributed by atoms with Crippen LogP contribution in [0.3, 0.4) is 0 Å². The highest BCUT2D eigenvalue weighted by Gasteiger charge is 2.16. The molecule has 86 valence electrons. The van der Waals surface area contributed by atoms with Crippen LogP contribution in [0.15, 0.2) is 22.8 Å². The highest BCUT2D eigenvalue weighted by Crippen LogP contribution is 2.30. The van der Waals surface area contributed by atoms with Gasteiger partial charge in [-0.1, -0.05) is 0 Å². The van der Waals surface area contributed by atoms with Crippen molar-refractivity contribution in [2.45, 2.75) is 6.92 Å². The van der Waals surface area contributed by atoms with Crippen molar-refractivity contribution in [3.8, 4) is 11.3 Å². The molecule has 0 bridgehead atoms. The molecule has 3 rings (SSSR count). The quantitative estimate of drug-likeness (QED) is 0.674. The van der Waals surface area contributed by atoms with Crippen LogP contribution in [0.4, 0.5) is 10.2 Å². The molecule has 0 atom stereocenters. The van der Waals surface area contributed by atoms with Crippen LogP contribution in [0.1, 0.15) is 5.69 Å². The molecule has 3 N–H and O–H groups in total. The molecule has 0 radical (unpaired) electrons. The Morgan fingerprint density at radius 3 is 2.88 bits per heavy atom. The summed E-state index contributed by atoms with van der Waals surface area (Å²) >= 11 is 0. The summed E-state index contributed by atoms with van der Waals surface area (Å²) in [7, 11) is 0. The van der Waals surface area contributed by atoms with Crippen molar-refractivity contribution in [2.75, 3.05) is 5.73 Å². The van der Waals surface area contributed by atoms with E-state index in [2.05, 4.69) is 19.9 Å². The fraction of sp³-hybridized carbons (Fsp3) is 0.0909. The maximum Gasteiger partial charge on any atom is 0.196 e. The van der Waals surface area contributed by atoms with Crippen molar-refractivity contribution in [1.29, 1.82) is 0 Å². The SMILES string of the molecule is Cc1cc2c(F)c(-c3nonc3N)ccc2[nH]1. The molecule has 0 aliphatic heterocycles. The van der Waals surface area contributed by atoms with Crippen LogP contribution in [-0.2, 0) is 0 Å². The average Bonchev–Trinajstić information content (AvgIpc) is 2.85. The van der Waals surface area contributed by atoms with Crippen molar-refractivity contribution in [2.24, 2.45) is 0 Å². The highest BCUT2D eigenvalue weighted by atomic mass is 19.1. The minimum absolute atomic E-state index is 0.0792. The minimum Gasteiger partial charge on any atom is -0.379 e. The topological polar surface area (TPSA) is 80.7 Å². The maximum absolute atomic E-state index is 14.2. The van der Waals surface area contributed by atoms with Gasteiger partial charge in [0.2, 0.25) is 0 Å². The smallest absolute Gasteiger partial charge is 0.196 e. The lowest BCUT2D eigenvalue weighted by Crippen LogP contribution is -1.91. The van der Waals surface area contributed by atoms with Gasteiger partial charge in [-0.2, -0.15) is 0 Å². The Morgan fingerprint density at radius 1 is 1.35 bits per heavy atom. The number of anilines is 1. The Morgan fingerprint density at radius 2 is 2.18 bits per heavy atom. The lowest BCUT2D eigenvalue weighted by atomic mass is 10.1. The van der Waals surface area contributed by atoms with Gasteiger partial charge in [0.05, 0.1) is 0 Å². The van der Waals surface area contributed by atoms with Gasteiger partial charge in [0, 0.05) is 22.2 Å². The van der Waals surface area contributed by atoms with Gasteiger partial charge in [-0.15, -0.1) is 0 Å². The van der Waals surface area contributed by atoms with Crippen LogP contribution < -0.4 is 5.73 Å². The number of fused-ring (bicyclic) bond motifs is 1. The van der Waals surface area contributed by atoms with Gasteiger partial charge >= 0.3 is 0 Å². The predicted octanol–water partition coefficient (Wildman–Crippen LogP) is 2.25. The molecular formula is C11H9FN4O. The Hall–Kier alpha value is -2.37. The summed E-state index contributed by atoms with van der Waals surface area (Å²) in [6, 6.07) is 5.11. The van der Waals surface area contributed by atoms with Crippen molar-refractivity contribution in [3.05, 3.63) is 29.7 Å². The number of rotatable bonds is 1. The molecule has 5 nitrogen and oxygen atoms in total. The third-order valence-corrected chi connectivity index (χ3v) is 2.64. The van der Waals surface area contributed by atoms with E-state index < -0.39 is 0 Å². The molecule has 17 heavy (non-hydrogen) atoms. The number of hydrogen-bond acceptors (Lipinski definition) is 4. The van der Waals surface area contributed by atoms with Crippen LogP contribution in [0.5, 0.6) is 0 Å². The van der Waals surface area contributed by atoms with Crippen molar-refractivity contribution >= 4 is 16.7 Å². The third-order valence-electron chi connectivity index (χ3n) is 2.64. The summed E-state index contributed by atoms with van der Waals surface area (Å²) in [6.45, 7) is 1.87. The summed E-state index contributed by atoms with van der Waals surface area (Å²) in [5.41, 5.74) is 7.69. The fourth-order valence-corrected chi connectivity index (χ4v) is 1.87. The van der Waals surface area contributed by atoms with Crippen molar-refractivity contribution < 1.29 is 9.02 Å². The van der Waals surface area contributed by atoms with Gasteiger partial charge in [0.15, 0.2) is 11.5 Å². The molecule has 2 heterocycles. The molecule has 0 amide bonds. The largest absolute Gasteiger partial charge is 0.379 e. The van der Waals surface area contributed by atoms with Crippen LogP contribution >= 0.6 is 0 Å². The normalized spacial score (nSPS) is 11.2. The number of nitrogen functional groups attached to an aromatic ring is 1. The predicted molar refractivity (Wildman–Crippen MR) is 60.7 cm³/mol. The summed E-state index contributed by atoms with van der Waals surface area (Å²) in [6.07, 6.45) is 0. The molecule has 3 aromatic rings. The molecule has 1 aromatic carbocycles. The number of halogens is 1. The summed E-state index contributed by atoms with van der Waals surface area (Å²) in [5.74, 6) is -0.301. The Labute approximate surface area is 95.4 Å². The molecule has 0 spiro atoms. The van der Waals surface area contributed by atoms with E-state index in [-0.39, 0.29) is 22.9 Å². The molecule has 2 aromatic heterocycles. The first-order valence-electron chi connectivity index (χ1n) is 5.03. The van der Waals surface area contributed by atoms with Gasteiger partial charge in [0.25, 0.3) is 0 Å². The number of H-pyrrole nitrogens is 1. The molecule has 6 heteroatoms. The first kappa shape index (κ1) is 9.83. The second-order valence-corrected chi connectivity index (χ2v) is 3.84. The number of aromatic amines is 1. The Balaban J connectivity index is 2.31. The Bertz CT molecular complexity index is 701. The second-order valence-electron chi connectivity index (χ2n) is 3.84. The van der Waals surface area contributed by atoms with E-state index >= 15 is 0 Å². The van der Waals surface area contributed by atoms with Gasteiger partial charge < -0.3 is 10.7 Å². The summed E-state index contributed by atoms with van der Waals surface area (Å²) < 4.78 is 18.7. The zero-order valence-electron chi connectivity index (χ0n) is 8.99. The van der Waals surface area contributed by atoms with E-state index in [0.29, 0.717) is 5.39 Å². The standard InChI is InChI=1S/C11H9FN4O/c1-5-4-7-8(14-5)3-2-6(9(7)12)10-11(13)16-17-15-10/h2-4,14H,1H3,(H2,13,16). The van der Waals surface area contributed by atoms with E-state index in [1.165, 1.54) is 0 Å².